The SMILES string of the molecule is O=S(=O)(Cc1csc(-c2cnccn2)n1)c1ccccc1. The molecule has 0 aliphatic carbocycles. The molecule has 0 unspecified atom stereocenters. The van der Waals surface area contributed by atoms with E-state index in [1.807, 2.05) is 0 Å². The van der Waals surface area contributed by atoms with Gasteiger partial charge in [0.05, 0.1) is 22.5 Å². The Morgan fingerprint density at radius 2 is 1.90 bits per heavy atom. The molecule has 0 radical (unpaired) electrons. The highest BCUT2D eigenvalue weighted by atomic mass is 32.2. The molecule has 3 aromatic rings. The maximum atomic E-state index is 12.3. The number of aromatic nitrogens is 3. The third-order valence-corrected chi connectivity index (χ3v) is 5.35. The monoisotopic (exact) mass is 317 g/mol. The third-order valence-electron chi connectivity index (χ3n) is 2.77. The molecule has 0 aliphatic rings. The minimum absolute atomic E-state index is 0.117. The summed E-state index contributed by atoms with van der Waals surface area (Å²) in [6.45, 7) is 0. The molecular formula is C14H11N3O2S2. The zero-order chi connectivity index (χ0) is 14.7. The molecule has 3 rings (SSSR count). The van der Waals surface area contributed by atoms with Gasteiger partial charge in [-0.05, 0) is 12.1 Å². The molecule has 5 nitrogen and oxygen atoms in total. The van der Waals surface area contributed by atoms with Crippen LogP contribution in [0.1, 0.15) is 5.69 Å². The second kappa shape index (κ2) is 5.71. The van der Waals surface area contributed by atoms with Crippen molar-refractivity contribution >= 4 is 21.2 Å². The summed E-state index contributed by atoms with van der Waals surface area (Å²) >= 11 is 1.36. The molecule has 2 heterocycles. The van der Waals surface area contributed by atoms with Gasteiger partial charge in [-0.15, -0.1) is 11.3 Å². The van der Waals surface area contributed by atoms with Crippen molar-refractivity contribution in [3.8, 4) is 10.7 Å². The fourth-order valence-electron chi connectivity index (χ4n) is 1.81. The second-order valence-corrected chi connectivity index (χ2v) is 7.15. The normalized spacial score (nSPS) is 11.4. The van der Waals surface area contributed by atoms with Gasteiger partial charge in [0.2, 0.25) is 0 Å². The Morgan fingerprint density at radius 1 is 1.10 bits per heavy atom. The van der Waals surface area contributed by atoms with Gasteiger partial charge in [-0.25, -0.2) is 13.4 Å². The first-order valence-electron chi connectivity index (χ1n) is 6.14. The number of thiazole rings is 1. The molecule has 1 aromatic carbocycles. The van der Waals surface area contributed by atoms with Gasteiger partial charge in [-0.3, -0.25) is 9.97 Å². The molecular weight excluding hydrogens is 306 g/mol. The summed E-state index contributed by atoms with van der Waals surface area (Å²) in [4.78, 5) is 12.8. The smallest absolute Gasteiger partial charge is 0.184 e. The molecule has 0 atom stereocenters. The maximum Gasteiger partial charge on any atom is 0.184 e. The van der Waals surface area contributed by atoms with E-state index in [-0.39, 0.29) is 5.75 Å². The number of hydrogen-bond donors (Lipinski definition) is 0. The van der Waals surface area contributed by atoms with Crippen LogP contribution in [0.5, 0.6) is 0 Å². The molecule has 0 fully saturated rings. The van der Waals surface area contributed by atoms with Gasteiger partial charge < -0.3 is 0 Å². The molecule has 2 aromatic heterocycles. The van der Waals surface area contributed by atoms with Crippen molar-refractivity contribution in [3.63, 3.8) is 0 Å². The Hall–Kier alpha value is -2.12. The maximum absolute atomic E-state index is 12.3. The summed E-state index contributed by atoms with van der Waals surface area (Å²) in [6.07, 6.45) is 4.77. The van der Waals surface area contributed by atoms with Crippen molar-refractivity contribution in [1.29, 1.82) is 0 Å². The van der Waals surface area contributed by atoms with E-state index in [1.165, 1.54) is 11.3 Å². The quantitative estimate of drug-likeness (QED) is 0.739. The van der Waals surface area contributed by atoms with Crippen LogP contribution in [0, 0.1) is 0 Å². The number of benzene rings is 1. The van der Waals surface area contributed by atoms with Crippen LogP contribution >= 0.6 is 11.3 Å². The highest BCUT2D eigenvalue weighted by Gasteiger charge is 2.17. The van der Waals surface area contributed by atoms with Crippen LogP contribution in [-0.4, -0.2) is 23.4 Å². The number of hydrogen-bond acceptors (Lipinski definition) is 6. The third kappa shape index (κ3) is 3.14. The predicted octanol–water partition coefficient (Wildman–Crippen LogP) is 2.57. The Morgan fingerprint density at radius 3 is 2.62 bits per heavy atom. The topological polar surface area (TPSA) is 72.8 Å². The van der Waals surface area contributed by atoms with E-state index in [0.717, 1.165) is 0 Å². The van der Waals surface area contributed by atoms with E-state index in [0.29, 0.717) is 21.3 Å². The summed E-state index contributed by atoms with van der Waals surface area (Å²) in [5, 5.41) is 2.41. The predicted molar refractivity (Wildman–Crippen MR) is 80.5 cm³/mol. The van der Waals surface area contributed by atoms with Crippen LogP contribution in [0.25, 0.3) is 10.7 Å². The van der Waals surface area contributed by atoms with Crippen molar-refractivity contribution in [2.45, 2.75) is 10.6 Å². The minimum atomic E-state index is -3.37. The van der Waals surface area contributed by atoms with Gasteiger partial charge in [0, 0.05) is 17.8 Å². The summed E-state index contributed by atoms with van der Waals surface area (Å²) < 4.78 is 24.6. The van der Waals surface area contributed by atoms with Gasteiger partial charge in [0.15, 0.2) is 9.84 Å². The lowest BCUT2D eigenvalue weighted by Gasteiger charge is -2.01. The van der Waals surface area contributed by atoms with Crippen molar-refractivity contribution in [2.75, 3.05) is 0 Å². The highest BCUT2D eigenvalue weighted by molar-refractivity contribution is 7.90. The van der Waals surface area contributed by atoms with E-state index in [2.05, 4.69) is 15.0 Å². The van der Waals surface area contributed by atoms with Crippen LogP contribution in [-0.2, 0) is 15.6 Å². The minimum Gasteiger partial charge on any atom is -0.261 e. The Labute approximate surface area is 126 Å². The Kier molecular flexibility index (Phi) is 3.76. The largest absolute Gasteiger partial charge is 0.261 e. The van der Waals surface area contributed by atoms with Crippen LogP contribution in [0.2, 0.25) is 0 Å². The first-order chi connectivity index (χ1) is 10.1. The number of nitrogens with zero attached hydrogens (tertiary/aromatic N) is 3. The van der Waals surface area contributed by atoms with Gasteiger partial charge in [0.25, 0.3) is 0 Å². The van der Waals surface area contributed by atoms with Crippen LogP contribution in [0.4, 0.5) is 0 Å². The van der Waals surface area contributed by atoms with Crippen molar-refractivity contribution in [2.24, 2.45) is 0 Å². The highest BCUT2D eigenvalue weighted by Crippen LogP contribution is 2.23. The fourth-order valence-corrected chi connectivity index (χ4v) is 3.97. The zero-order valence-corrected chi connectivity index (χ0v) is 12.5. The molecule has 7 heteroatoms. The average Bonchev–Trinajstić information content (AvgIpc) is 2.97. The van der Waals surface area contributed by atoms with Crippen molar-refractivity contribution in [1.82, 2.24) is 15.0 Å². The molecule has 0 spiro atoms. The second-order valence-electron chi connectivity index (χ2n) is 4.31. The standard InChI is InChI=1S/C14H11N3O2S2/c18-21(19,12-4-2-1-3-5-12)10-11-9-20-14(17-11)13-8-15-6-7-16-13/h1-9H,10H2. The first-order valence-corrected chi connectivity index (χ1v) is 8.67. The average molecular weight is 317 g/mol. The zero-order valence-electron chi connectivity index (χ0n) is 10.9. The molecule has 0 bridgehead atoms. The van der Waals surface area contributed by atoms with E-state index < -0.39 is 9.84 Å². The molecule has 0 aliphatic heterocycles. The van der Waals surface area contributed by atoms with Gasteiger partial charge in [0.1, 0.15) is 10.7 Å². The molecule has 0 saturated heterocycles. The van der Waals surface area contributed by atoms with Crippen LogP contribution in [0.15, 0.2) is 59.2 Å². The van der Waals surface area contributed by atoms with Crippen LogP contribution < -0.4 is 0 Å². The molecule has 0 amide bonds. The molecule has 0 N–H and O–H groups in total. The summed E-state index contributed by atoms with van der Waals surface area (Å²) in [6, 6.07) is 8.38. The van der Waals surface area contributed by atoms with E-state index >= 15 is 0 Å². The summed E-state index contributed by atoms with van der Waals surface area (Å²) in [7, 11) is -3.37. The van der Waals surface area contributed by atoms with E-state index in [9.17, 15) is 8.42 Å². The van der Waals surface area contributed by atoms with Gasteiger partial charge >= 0.3 is 0 Å². The van der Waals surface area contributed by atoms with E-state index in [4.69, 9.17) is 0 Å². The van der Waals surface area contributed by atoms with Gasteiger partial charge in [-0.1, -0.05) is 18.2 Å². The molecule has 21 heavy (non-hydrogen) atoms. The number of sulfone groups is 1. The Bertz CT molecular complexity index is 831. The fraction of sp³-hybridized carbons (Fsp3) is 0.0714. The lowest BCUT2D eigenvalue weighted by atomic mass is 10.4. The van der Waals surface area contributed by atoms with Crippen LogP contribution in [0.3, 0.4) is 0 Å². The lowest BCUT2D eigenvalue weighted by molar-refractivity contribution is 0.595. The molecule has 0 saturated carbocycles. The summed E-state index contributed by atoms with van der Waals surface area (Å²) in [5.41, 5.74) is 1.16. The lowest BCUT2D eigenvalue weighted by Crippen LogP contribution is -2.05. The summed E-state index contributed by atoms with van der Waals surface area (Å²) in [5.74, 6) is -0.117. The van der Waals surface area contributed by atoms with E-state index in [1.54, 1.807) is 54.3 Å². The molecule has 106 valence electrons. The van der Waals surface area contributed by atoms with Gasteiger partial charge in [-0.2, -0.15) is 0 Å². The van der Waals surface area contributed by atoms with Crippen molar-refractivity contribution in [3.05, 3.63) is 60.0 Å². The Balaban J connectivity index is 1.85. The van der Waals surface area contributed by atoms with Crippen molar-refractivity contribution < 1.29 is 8.42 Å². The number of rotatable bonds is 4. The first kappa shape index (κ1) is 13.8.